The molecule has 1 N–H and O–H groups in total. The minimum atomic E-state index is -4.53. The summed E-state index contributed by atoms with van der Waals surface area (Å²) in [6.07, 6.45) is 2.01. The van der Waals surface area contributed by atoms with Crippen LogP contribution in [0.25, 0.3) is 0 Å². The molecule has 1 aliphatic heterocycles. The summed E-state index contributed by atoms with van der Waals surface area (Å²) in [4.78, 5) is 27.3. The van der Waals surface area contributed by atoms with E-state index in [0.717, 1.165) is 18.9 Å². The molecule has 1 fully saturated rings. The molecule has 1 aromatic carbocycles. The van der Waals surface area contributed by atoms with Crippen LogP contribution in [0, 0.1) is 11.8 Å². The Morgan fingerprint density at radius 1 is 1.07 bits per heavy atom. The van der Waals surface area contributed by atoms with Crippen LogP contribution in [0.4, 0.5) is 18.9 Å². The summed E-state index contributed by atoms with van der Waals surface area (Å²) in [5.74, 6) is -1.51. The average molecular weight is 445 g/mol. The Hall–Kier alpha value is -1.83. The number of benzene rings is 1. The van der Waals surface area contributed by atoms with Crippen molar-refractivity contribution in [3.8, 4) is 0 Å². The predicted octanol–water partition coefficient (Wildman–Crippen LogP) is 4.61. The van der Waals surface area contributed by atoms with E-state index in [0.29, 0.717) is 25.9 Å². The number of halogens is 4. The minimum Gasteiger partial charge on any atom is -0.342 e. The summed E-state index contributed by atoms with van der Waals surface area (Å²) in [7, 11) is 0. The molecule has 0 unspecified atom stereocenters. The first-order valence-electron chi connectivity index (χ1n) is 8.89. The molecule has 8 heteroatoms. The van der Waals surface area contributed by atoms with Gasteiger partial charge in [0.05, 0.1) is 17.4 Å². The standard InChI is InChI=1S/C19H20BrF3N2O2/c20-16-8-7-12(11-15(16)19(21,22)23)24-17(26)13-5-1-2-6-14(13)18(27)25-9-3-4-10-25/h1-2,7-8,11,13-14H,3-6,9-10H2,(H,24,26)/t13-,14+/m0/s1. The van der Waals surface area contributed by atoms with Crippen LogP contribution < -0.4 is 5.32 Å². The highest BCUT2D eigenvalue weighted by molar-refractivity contribution is 9.10. The van der Waals surface area contributed by atoms with Crippen molar-refractivity contribution >= 4 is 33.4 Å². The zero-order valence-corrected chi connectivity index (χ0v) is 16.1. The second-order valence-electron chi connectivity index (χ2n) is 6.87. The van der Waals surface area contributed by atoms with Crippen LogP contribution in [0.15, 0.2) is 34.8 Å². The maximum atomic E-state index is 13.1. The van der Waals surface area contributed by atoms with Gasteiger partial charge in [-0.2, -0.15) is 13.2 Å². The summed E-state index contributed by atoms with van der Waals surface area (Å²) in [5.41, 5.74) is -0.786. The number of allylic oxidation sites excluding steroid dienone is 2. The molecular weight excluding hydrogens is 425 g/mol. The molecule has 0 spiro atoms. The SMILES string of the molecule is O=C(Nc1ccc(Br)c(C(F)(F)F)c1)[C@H]1CC=CC[C@H]1C(=O)N1CCCC1. The van der Waals surface area contributed by atoms with Crippen molar-refractivity contribution < 1.29 is 22.8 Å². The van der Waals surface area contributed by atoms with E-state index >= 15 is 0 Å². The fourth-order valence-electron chi connectivity index (χ4n) is 3.60. The quantitative estimate of drug-likeness (QED) is 0.691. The van der Waals surface area contributed by atoms with E-state index in [-0.39, 0.29) is 16.1 Å². The fraction of sp³-hybridized carbons (Fsp3) is 0.474. The van der Waals surface area contributed by atoms with Crippen molar-refractivity contribution in [1.82, 2.24) is 4.90 Å². The van der Waals surface area contributed by atoms with Crippen LogP contribution in [-0.2, 0) is 15.8 Å². The highest BCUT2D eigenvalue weighted by atomic mass is 79.9. The lowest BCUT2D eigenvalue weighted by atomic mass is 9.81. The van der Waals surface area contributed by atoms with Gasteiger partial charge in [-0.3, -0.25) is 9.59 Å². The Bertz CT molecular complexity index is 758. The summed E-state index contributed by atoms with van der Waals surface area (Å²) < 4.78 is 39.1. The number of carbonyl (C=O) groups excluding carboxylic acids is 2. The number of likely N-dealkylation sites (tertiary alicyclic amines) is 1. The van der Waals surface area contributed by atoms with Gasteiger partial charge in [0.25, 0.3) is 0 Å². The van der Waals surface area contributed by atoms with Crippen LogP contribution in [0.3, 0.4) is 0 Å². The van der Waals surface area contributed by atoms with E-state index in [9.17, 15) is 22.8 Å². The Labute approximate surface area is 163 Å². The number of rotatable bonds is 3. The predicted molar refractivity (Wildman–Crippen MR) is 98.9 cm³/mol. The molecule has 27 heavy (non-hydrogen) atoms. The number of amides is 2. The van der Waals surface area contributed by atoms with E-state index in [2.05, 4.69) is 21.2 Å². The topological polar surface area (TPSA) is 49.4 Å². The van der Waals surface area contributed by atoms with Gasteiger partial charge in [0.1, 0.15) is 0 Å². The second kappa shape index (κ2) is 8.04. The molecular formula is C19H20BrF3N2O2. The van der Waals surface area contributed by atoms with Crippen molar-refractivity contribution in [2.75, 3.05) is 18.4 Å². The molecule has 2 aliphatic rings. The first-order valence-corrected chi connectivity index (χ1v) is 9.68. The van der Waals surface area contributed by atoms with Gasteiger partial charge < -0.3 is 10.2 Å². The normalized spacial score (nSPS) is 22.7. The third kappa shape index (κ3) is 4.54. The minimum absolute atomic E-state index is 0.0382. The molecule has 2 amide bonds. The van der Waals surface area contributed by atoms with Gasteiger partial charge in [0, 0.05) is 23.2 Å². The molecule has 2 atom stereocenters. The van der Waals surface area contributed by atoms with Gasteiger partial charge in [-0.1, -0.05) is 28.1 Å². The van der Waals surface area contributed by atoms with E-state index in [1.54, 1.807) is 4.90 Å². The van der Waals surface area contributed by atoms with Crippen LogP contribution >= 0.6 is 15.9 Å². The molecule has 146 valence electrons. The molecule has 0 bridgehead atoms. The first-order chi connectivity index (χ1) is 12.8. The van der Waals surface area contributed by atoms with Crippen molar-refractivity contribution in [3.05, 3.63) is 40.4 Å². The third-order valence-electron chi connectivity index (χ3n) is 5.04. The number of carbonyl (C=O) groups is 2. The summed E-state index contributed by atoms with van der Waals surface area (Å²) >= 11 is 2.88. The van der Waals surface area contributed by atoms with Gasteiger partial charge in [-0.25, -0.2) is 0 Å². The van der Waals surface area contributed by atoms with Crippen molar-refractivity contribution in [3.63, 3.8) is 0 Å². The molecule has 1 saturated heterocycles. The van der Waals surface area contributed by atoms with E-state index in [1.807, 2.05) is 12.2 Å². The number of nitrogens with zero attached hydrogens (tertiary/aromatic N) is 1. The Morgan fingerprint density at radius 3 is 2.33 bits per heavy atom. The molecule has 0 saturated carbocycles. The first kappa shape index (κ1) is 19.9. The van der Waals surface area contributed by atoms with E-state index < -0.39 is 29.5 Å². The highest BCUT2D eigenvalue weighted by Gasteiger charge is 2.37. The van der Waals surface area contributed by atoms with Gasteiger partial charge in [0.2, 0.25) is 11.8 Å². The highest BCUT2D eigenvalue weighted by Crippen LogP contribution is 2.37. The maximum Gasteiger partial charge on any atom is 0.417 e. The zero-order chi connectivity index (χ0) is 19.6. The second-order valence-corrected chi connectivity index (χ2v) is 7.72. The van der Waals surface area contributed by atoms with E-state index in [4.69, 9.17) is 0 Å². The number of anilines is 1. The molecule has 4 nitrogen and oxygen atoms in total. The molecule has 0 aromatic heterocycles. The van der Waals surface area contributed by atoms with Gasteiger partial charge in [-0.15, -0.1) is 0 Å². The van der Waals surface area contributed by atoms with Crippen molar-refractivity contribution in [2.45, 2.75) is 31.9 Å². The molecule has 1 aromatic rings. The number of alkyl halides is 3. The smallest absolute Gasteiger partial charge is 0.342 e. The molecule has 1 heterocycles. The largest absolute Gasteiger partial charge is 0.417 e. The summed E-state index contributed by atoms with van der Waals surface area (Å²) in [6.45, 7) is 1.41. The van der Waals surface area contributed by atoms with Crippen LogP contribution in [-0.4, -0.2) is 29.8 Å². The lowest BCUT2D eigenvalue weighted by molar-refractivity contribution is -0.139. The molecule has 3 rings (SSSR count). The van der Waals surface area contributed by atoms with Gasteiger partial charge in [0.15, 0.2) is 0 Å². The Balaban J connectivity index is 1.76. The lowest BCUT2D eigenvalue weighted by Gasteiger charge is -2.30. The van der Waals surface area contributed by atoms with Crippen molar-refractivity contribution in [2.24, 2.45) is 11.8 Å². The lowest BCUT2D eigenvalue weighted by Crippen LogP contribution is -2.42. The molecule has 0 radical (unpaired) electrons. The third-order valence-corrected chi connectivity index (χ3v) is 5.73. The monoisotopic (exact) mass is 444 g/mol. The average Bonchev–Trinajstić information content (AvgIpc) is 3.16. The summed E-state index contributed by atoms with van der Waals surface area (Å²) in [5, 5.41) is 2.56. The zero-order valence-electron chi connectivity index (χ0n) is 14.6. The van der Waals surface area contributed by atoms with Crippen LogP contribution in [0.5, 0.6) is 0 Å². The van der Waals surface area contributed by atoms with Gasteiger partial charge >= 0.3 is 6.18 Å². The number of nitrogens with one attached hydrogen (secondary N) is 1. The van der Waals surface area contributed by atoms with Crippen molar-refractivity contribution in [1.29, 1.82) is 0 Å². The Kier molecular flexibility index (Phi) is 5.93. The fourth-order valence-corrected chi connectivity index (χ4v) is 4.08. The van der Waals surface area contributed by atoms with Crippen LogP contribution in [0.1, 0.15) is 31.2 Å². The maximum absolute atomic E-state index is 13.1. The van der Waals surface area contributed by atoms with E-state index in [1.165, 1.54) is 12.1 Å². The Morgan fingerprint density at radius 2 is 1.70 bits per heavy atom. The number of hydrogen-bond acceptors (Lipinski definition) is 2. The molecule has 1 aliphatic carbocycles. The van der Waals surface area contributed by atoms with Crippen LogP contribution in [0.2, 0.25) is 0 Å². The van der Waals surface area contributed by atoms with Gasteiger partial charge in [-0.05, 0) is 43.9 Å². The summed E-state index contributed by atoms with van der Waals surface area (Å²) in [6, 6.07) is 3.57. The number of hydrogen-bond donors (Lipinski definition) is 1.